The molecule has 0 heterocycles. The lowest BCUT2D eigenvalue weighted by molar-refractivity contribution is 0.776. The maximum atomic E-state index is 6.72. The summed E-state index contributed by atoms with van der Waals surface area (Å²) in [5, 5.41) is 0. The third-order valence-electron chi connectivity index (χ3n) is 3.52. The fraction of sp³-hybridized carbons (Fsp3) is 0.111. The van der Waals surface area contributed by atoms with Gasteiger partial charge in [-0.1, -0.05) is 60.3 Å². The van der Waals surface area contributed by atoms with E-state index >= 15 is 0 Å². The highest BCUT2D eigenvalue weighted by molar-refractivity contribution is 8.01. The molecule has 0 amide bonds. The van der Waals surface area contributed by atoms with E-state index in [1.54, 1.807) is 11.8 Å². The molecule has 2 nitrogen and oxygen atoms in total. The van der Waals surface area contributed by atoms with E-state index < -0.39 is 4.87 Å². The van der Waals surface area contributed by atoms with Crippen molar-refractivity contribution in [2.75, 3.05) is 5.73 Å². The van der Waals surface area contributed by atoms with E-state index in [2.05, 4.69) is 36.4 Å². The molecule has 0 saturated heterocycles. The van der Waals surface area contributed by atoms with E-state index in [-0.39, 0.29) is 0 Å². The maximum Gasteiger partial charge on any atom is 0.0963 e. The molecule has 2 aromatic carbocycles. The summed E-state index contributed by atoms with van der Waals surface area (Å²) < 4.78 is 0. The smallest absolute Gasteiger partial charge is 0.0963 e. The number of rotatable bonds is 3. The molecule has 4 N–H and O–H groups in total. The monoisotopic (exact) mass is 294 g/mol. The summed E-state index contributed by atoms with van der Waals surface area (Å²) >= 11 is 1.69. The predicted molar refractivity (Wildman–Crippen MR) is 91.8 cm³/mol. The molecule has 21 heavy (non-hydrogen) atoms. The minimum atomic E-state index is -0.468. The number of thioether (sulfide) groups is 1. The van der Waals surface area contributed by atoms with Crippen molar-refractivity contribution in [1.29, 1.82) is 0 Å². The van der Waals surface area contributed by atoms with Gasteiger partial charge in [0.15, 0.2) is 0 Å². The minimum absolute atomic E-state index is 0.468. The second kappa shape index (κ2) is 5.80. The van der Waals surface area contributed by atoms with Crippen molar-refractivity contribution >= 4 is 23.0 Å². The van der Waals surface area contributed by atoms with Gasteiger partial charge in [-0.2, -0.15) is 0 Å². The standard InChI is InChI=1S/C18H18N2S/c19-15-8-6-7-14(13-15)17-11-4-5-12-18(17,20)21-16-9-2-1-3-10-16/h1-11,13H,12,19-20H2. The highest BCUT2D eigenvalue weighted by Gasteiger charge is 2.32. The van der Waals surface area contributed by atoms with Gasteiger partial charge in [-0.25, -0.2) is 0 Å². The molecule has 0 fully saturated rings. The molecular weight excluding hydrogens is 276 g/mol. The largest absolute Gasteiger partial charge is 0.399 e. The van der Waals surface area contributed by atoms with Gasteiger partial charge in [-0.15, -0.1) is 0 Å². The Balaban J connectivity index is 1.97. The van der Waals surface area contributed by atoms with E-state index in [0.717, 1.165) is 23.2 Å². The van der Waals surface area contributed by atoms with E-state index in [0.29, 0.717) is 0 Å². The highest BCUT2D eigenvalue weighted by Crippen LogP contribution is 2.43. The van der Waals surface area contributed by atoms with E-state index in [9.17, 15) is 0 Å². The third-order valence-corrected chi connectivity index (χ3v) is 4.78. The molecule has 1 unspecified atom stereocenters. The van der Waals surface area contributed by atoms with Crippen molar-refractivity contribution in [3.8, 4) is 0 Å². The Hall–Kier alpha value is -1.97. The van der Waals surface area contributed by atoms with Crippen LogP contribution in [0.15, 0.2) is 77.7 Å². The Bertz CT molecular complexity index is 691. The number of hydrogen-bond donors (Lipinski definition) is 2. The predicted octanol–water partition coefficient (Wildman–Crippen LogP) is 4.06. The zero-order valence-electron chi connectivity index (χ0n) is 11.7. The van der Waals surface area contributed by atoms with Gasteiger partial charge in [0.05, 0.1) is 4.87 Å². The number of benzene rings is 2. The van der Waals surface area contributed by atoms with Crippen LogP contribution in [-0.4, -0.2) is 4.87 Å². The number of allylic oxidation sites excluding steroid dienone is 2. The molecular formula is C18H18N2S. The SMILES string of the molecule is Nc1cccc(C2=CC=CCC2(N)Sc2ccccc2)c1. The molecule has 3 rings (SSSR count). The van der Waals surface area contributed by atoms with Gasteiger partial charge in [-0.05, 0) is 41.8 Å². The average Bonchev–Trinajstić information content (AvgIpc) is 2.48. The van der Waals surface area contributed by atoms with Crippen LogP contribution < -0.4 is 11.5 Å². The Labute approximate surface area is 129 Å². The summed E-state index contributed by atoms with van der Waals surface area (Å²) in [6, 6.07) is 18.2. The van der Waals surface area contributed by atoms with Crippen molar-refractivity contribution in [2.45, 2.75) is 16.2 Å². The van der Waals surface area contributed by atoms with Gasteiger partial charge in [0.25, 0.3) is 0 Å². The van der Waals surface area contributed by atoms with Gasteiger partial charge in [-0.3, -0.25) is 0 Å². The van der Waals surface area contributed by atoms with Crippen LogP contribution in [0.4, 0.5) is 5.69 Å². The van der Waals surface area contributed by atoms with Crippen LogP contribution in [0.1, 0.15) is 12.0 Å². The van der Waals surface area contributed by atoms with Crippen molar-refractivity contribution < 1.29 is 0 Å². The Morgan fingerprint density at radius 1 is 1.00 bits per heavy atom. The summed E-state index contributed by atoms with van der Waals surface area (Å²) in [5.74, 6) is 0. The molecule has 0 spiro atoms. The van der Waals surface area contributed by atoms with Crippen LogP contribution in [0.25, 0.3) is 5.57 Å². The van der Waals surface area contributed by atoms with Crippen molar-refractivity contribution in [3.05, 3.63) is 78.4 Å². The maximum absolute atomic E-state index is 6.72. The molecule has 1 aliphatic carbocycles. The first-order valence-corrected chi connectivity index (χ1v) is 7.75. The van der Waals surface area contributed by atoms with E-state index in [1.165, 1.54) is 4.90 Å². The first-order chi connectivity index (χ1) is 10.2. The fourth-order valence-electron chi connectivity index (χ4n) is 2.50. The molecule has 2 aromatic rings. The van der Waals surface area contributed by atoms with Crippen molar-refractivity contribution in [1.82, 2.24) is 0 Å². The summed E-state index contributed by atoms with van der Waals surface area (Å²) in [6.07, 6.45) is 7.07. The van der Waals surface area contributed by atoms with E-state index in [4.69, 9.17) is 11.5 Å². The van der Waals surface area contributed by atoms with Crippen LogP contribution in [0.5, 0.6) is 0 Å². The third kappa shape index (κ3) is 3.04. The first-order valence-electron chi connectivity index (χ1n) is 6.93. The first kappa shape index (κ1) is 14.0. The molecule has 0 aliphatic heterocycles. The van der Waals surface area contributed by atoms with E-state index in [1.807, 2.05) is 36.4 Å². The second-order valence-electron chi connectivity index (χ2n) is 5.14. The normalized spacial score (nSPS) is 21.1. The van der Waals surface area contributed by atoms with Gasteiger partial charge in [0.2, 0.25) is 0 Å². The lowest BCUT2D eigenvalue weighted by Gasteiger charge is -2.33. The van der Waals surface area contributed by atoms with Crippen molar-refractivity contribution in [3.63, 3.8) is 0 Å². The number of nitrogens with two attached hydrogens (primary N) is 2. The molecule has 106 valence electrons. The molecule has 0 saturated carbocycles. The Morgan fingerprint density at radius 2 is 1.81 bits per heavy atom. The lowest BCUT2D eigenvalue weighted by atomic mass is 9.92. The minimum Gasteiger partial charge on any atom is -0.399 e. The molecule has 0 radical (unpaired) electrons. The molecule has 0 aromatic heterocycles. The van der Waals surface area contributed by atoms with Gasteiger partial charge in [0, 0.05) is 10.6 Å². The Morgan fingerprint density at radius 3 is 2.57 bits per heavy atom. The number of hydrogen-bond acceptors (Lipinski definition) is 3. The molecule has 0 bridgehead atoms. The summed E-state index contributed by atoms with van der Waals surface area (Å²) in [6.45, 7) is 0. The van der Waals surface area contributed by atoms with Gasteiger partial charge >= 0.3 is 0 Å². The van der Waals surface area contributed by atoms with Gasteiger partial charge < -0.3 is 11.5 Å². The summed E-state index contributed by atoms with van der Waals surface area (Å²) in [5.41, 5.74) is 15.6. The zero-order chi connectivity index (χ0) is 14.7. The second-order valence-corrected chi connectivity index (χ2v) is 6.55. The molecule has 1 aliphatic rings. The quantitative estimate of drug-likeness (QED) is 0.663. The fourth-order valence-corrected chi connectivity index (χ4v) is 3.69. The lowest BCUT2D eigenvalue weighted by Crippen LogP contribution is -2.37. The summed E-state index contributed by atoms with van der Waals surface area (Å²) in [7, 11) is 0. The van der Waals surface area contributed by atoms with Crippen LogP contribution in [0.3, 0.4) is 0 Å². The highest BCUT2D eigenvalue weighted by atomic mass is 32.2. The average molecular weight is 294 g/mol. The Kier molecular flexibility index (Phi) is 3.86. The van der Waals surface area contributed by atoms with Crippen LogP contribution >= 0.6 is 11.8 Å². The number of nitrogen functional groups attached to an aromatic ring is 1. The van der Waals surface area contributed by atoms with Crippen LogP contribution in [-0.2, 0) is 0 Å². The summed E-state index contributed by atoms with van der Waals surface area (Å²) in [4.78, 5) is 0.703. The van der Waals surface area contributed by atoms with Gasteiger partial charge in [0.1, 0.15) is 0 Å². The van der Waals surface area contributed by atoms with Crippen molar-refractivity contribution in [2.24, 2.45) is 5.73 Å². The molecule has 1 atom stereocenters. The molecule has 3 heteroatoms. The number of anilines is 1. The zero-order valence-corrected chi connectivity index (χ0v) is 12.5. The van der Waals surface area contributed by atoms with Crippen LogP contribution in [0.2, 0.25) is 0 Å². The topological polar surface area (TPSA) is 52.0 Å². The van der Waals surface area contributed by atoms with Crippen LogP contribution in [0, 0.1) is 0 Å².